The van der Waals surface area contributed by atoms with Crippen LogP contribution >= 0.6 is 0 Å². The third kappa shape index (κ3) is 4.57. The molecule has 1 nitrogen and oxygen atoms in total. The highest BCUT2D eigenvalue weighted by molar-refractivity contribution is 5.94. The van der Waals surface area contributed by atoms with Crippen LogP contribution in [-0.2, 0) is 23.7 Å². The minimum absolute atomic E-state index is 0.0734. The number of anilines is 3. The molecule has 0 aromatic heterocycles. The van der Waals surface area contributed by atoms with Gasteiger partial charge in [0.1, 0.15) is 0 Å². The van der Waals surface area contributed by atoms with E-state index in [2.05, 4.69) is 193 Å². The summed E-state index contributed by atoms with van der Waals surface area (Å²) < 4.78 is 0. The van der Waals surface area contributed by atoms with E-state index in [1.54, 1.807) is 0 Å². The summed E-state index contributed by atoms with van der Waals surface area (Å²) in [5.41, 5.74) is 22.6. The first-order chi connectivity index (χ1) is 28.3. The lowest BCUT2D eigenvalue weighted by Crippen LogP contribution is -2.30. The maximum Gasteiger partial charge on any atom is 0.0719 e. The second-order valence-electron chi connectivity index (χ2n) is 16.6. The number of hydrogen-bond acceptors (Lipinski definition) is 1. The summed E-state index contributed by atoms with van der Waals surface area (Å²) in [5.74, 6) is 0. The lowest BCUT2D eigenvalue weighted by Gasteiger charge is -2.36. The monoisotopic (exact) mass is 729 g/mol. The average molecular weight is 730 g/mol. The zero-order valence-electron chi connectivity index (χ0n) is 32.1. The summed E-state index contributed by atoms with van der Waals surface area (Å²) in [5, 5.41) is 0. The standard InChI is InChI=1S/C56H43N/c1-2-16-38(17-3-1)43-20-8-13-27-54(43)57(41-30-32-46-44-21-6-11-25-50(44)55(52(46)36-41)34-14-15-35-55)42-31-33-47-45-22-7-12-26-51(45)56(53(47)37-42)48-23-9-4-18-39(48)28-29-40-19-5-10-24-49(40)56/h1-13,16-27,30-33,36-37H,14-15,28-29,34-35H2. The first kappa shape index (κ1) is 32.8. The molecule has 2 spiro atoms. The van der Waals surface area contributed by atoms with Gasteiger partial charge in [-0.05, 0) is 128 Å². The Hall–Kier alpha value is -6.44. The van der Waals surface area contributed by atoms with Crippen molar-refractivity contribution >= 4 is 17.1 Å². The van der Waals surface area contributed by atoms with Crippen LogP contribution in [0.25, 0.3) is 33.4 Å². The number of aryl methyl sites for hydroxylation is 2. The smallest absolute Gasteiger partial charge is 0.0719 e. The zero-order chi connectivity index (χ0) is 37.6. The summed E-state index contributed by atoms with van der Waals surface area (Å²) in [6.07, 6.45) is 7.02. The van der Waals surface area contributed by atoms with E-state index in [9.17, 15) is 0 Å². The molecular weight excluding hydrogens is 687 g/mol. The van der Waals surface area contributed by atoms with Crippen LogP contribution < -0.4 is 4.90 Å². The van der Waals surface area contributed by atoms with Gasteiger partial charge in [-0.25, -0.2) is 0 Å². The summed E-state index contributed by atoms with van der Waals surface area (Å²) in [4.78, 5) is 2.57. The Bertz CT molecular complexity index is 2830. The van der Waals surface area contributed by atoms with Crippen molar-refractivity contribution in [1.29, 1.82) is 0 Å². The van der Waals surface area contributed by atoms with Gasteiger partial charge in [0.15, 0.2) is 0 Å². The Morgan fingerprint density at radius 2 is 0.825 bits per heavy atom. The lowest BCUT2D eigenvalue weighted by molar-refractivity contribution is 0.550. The van der Waals surface area contributed by atoms with Gasteiger partial charge in [-0.3, -0.25) is 0 Å². The molecule has 57 heavy (non-hydrogen) atoms. The molecular formula is C56H43N. The normalized spacial score (nSPS) is 15.9. The van der Waals surface area contributed by atoms with E-state index < -0.39 is 5.41 Å². The van der Waals surface area contributed by atoms with Crippen LogP contribution in [-0.4, -0.2) is 0 Å². The minimum Gasteiger partial charge on any atom is -0.310 e. The summed E-state index contributed by atoms with van der Waals surface area (Å²) in [7, 11) is 0. The quantitative estimate of drug-likeness (QED) is 0.174. The molecule has 1 fully saturated rings. The number of nitrogens with zero attached hydrogens (tertiary/aromatic N) is 1. The number of fused-ring (bicyclic) bond motifs is 14. The van der Waals surface area contributed by atoms with Crippen LogP contribution in [0.1, 0.15) is 70.2 Å². The Morgan fingerprint density at radius 1 is 0.351 bits per heavy atom. The fourth-order valence-electron chi connectivity index (χ4n) is 11.7. The van der Waals surface area contributed by atoms with Crippen molar-refractivity contribution in [2.75, 3.05) is 4.90 Å². The molecule has 0 aliphatic heterocycles. The van der Waals surface area contributed by atoms with Crippen LogP contribution in [0.3, 0.4) is 0 Å². The van der Waals surface area contributed by atoms with Crippen LogP contribution in [0.2, 0.25) is 0 Å². The maximum atomic E-state index is 2.57. The Labute approximate surface area is 335 Å². The molecule has 0 N–H and O–H groups in total. The molecule has 4 aliphatic carbocycles. The molecule has 0 atom stereocenters. The van der Waals surface area contributed by atoms with Crippen molar-refractivity contribution in [1.82, 2.24) is 0 Å². The van der Waals surface area contributed by atoms with Gasteiger partial charge in [-0.2, -0.15) is 0 Å². The topological polar surface area (TPSA) is 3.24 Å². The second kappa shape index (κ2) is 12.5. The summed E-state index contributed by atoms with van der Waals surface area (Å²) in [6, 6.07) is 71.6. The SMILES string of the molecule is c1ccc(-c2ccccc2N(c2ccc3c(c2)C2(CCCC2)c2ccccc2-3)c2ccc3c(c2)C2(c4ccccc4CCc4ccccc42)c2ccccc2-3)cc1. The van der Waals surface area contributed by atoms with Gasteiger partial charge in [-0.15, -0.1) is 0 Å². The van der Waals surface area contributed by atoms with Gasteiger partial charge in [-0.1, -0.05) is 171 Å². The number of hydrogen-bond donors (Lipinski definition) is 0. The van der Waals surface area contributed by atoms with E-state index in [4.69, 9.17) is 0 Å². The first-order valence-corrected chi connectivity index (χ1v) is 20.9. The van der Waals surface area contributed by atoms with E-state index in [1.165, 1.54) is 121 Å². The molecule has 0 amide bonds. The number of para-hydroxylation sites is 1. The van der Waals surface area contributed by atoms with Crippen molar-refractivity contribution in [3.8, 4) is 33.4 Å². The molecule has 4 aliphatic rings. The van der Waals surface area contributed by atoms with Gasteiger partial charge in [0.2, 0.25) is 0 Å². The van der Waals surface area contributed by atoms with E-state index in [0.717, 1.165) is 12.8 Å². The molecule has 0 saturated heterocycles. The molecule has 0 bridgehead atoms. The highest BCUT2D eigenvalue weighted by Crippen LogP contribution is 2.61. The molecule has 12 rings (SSSR count). The van der Waals surface area contributed by atoms with Crippen LogP contribution in [0.5, 0.6) is 0 Å². The fourth-order valence-corrected chi connectivity index (χ4v) is 11.7. The molecule has 1 heteroatoms. The lowest BCUT2D eigenvalue weighted by atomic mass is 9.66. The Balaban J connectivity index is 1.15. The number of benzene rings is 8. The molecule has 0 heterocycles. The van der Waals surface area contributed by atoms with Crippen molar-refractivity contribution in [2.24, 2.45) is 0 Å². The highest BCUT2D eigenvalue weighted by Gasteiger charge is 2.49. The van der Waals surface area contributed by atoms with Crippen LogP contribution in [0.15, 0.2) is 188 Å². The van der Waals surface area contributed by atoms with Gasteiger partial charge in [0.25, 0.3) is 0 Å². The third-order valence-electron chi connectivity index (χ3n) is 14.0. The van der Waals surface area contributed by atoms with E-state index in [-0.39, 0.29) is 5.41 Å². The predicted molar refractivity (Wildman–Crippen MR) is 236 cm³/mol. The summed E-state index contributed by atoms with van der Waals surface area (Å²) >= 11 is 0. The molecule has 0 unspecified atom stereocenters. The minimum atomic E-state index is -0.441. The largest absolute Gasteiger partial charge is 0.310 e. The first-order valence-electron chi connectivity index (χ1n) is 20.9. The maximum absolute atomic E-state index is 2.57. The molecule has 1 saturated carbocycles. The van der Waals surface area contributed by atoms with E-state index >= 15 is 0 Å². The summed E-state index contributed by atoms with van der Waals surface area (Å²) in [6.45, 7) is 0. The Morgan fingerprint density at radius 3 is 1.49 bits per heavy atom. The van der Waals surface area contributed by atoms with Gasteiger partial charge < -0.3 is 4.90 Å². The van der Waals surface area contributed by atoms with Crippen molar-refractivity contribution in [3.63, 3.8) is 0 Å². The Kier molecular flexibility index (Phi) is 7.21. The number of rotatable bonds is 4. The highest BCUT2D eigenvalue weighted by atomic mass is 15.1. The molecule has 8 aromatic carbocycles. The van der Waals surface area contributed by atoms with Crippen molar-refractivity contribution in [3.05, 3.63) is 233 Å². The van der Waals surface area contributed by atoms with Crippen molar-refractivity contribution in [2.45, 2.75) is 49.4 Å². The fraction of sp³-hybridized carbons (Fsp3) is 0.143. The average Bonchev–Trinajstić information content (AvgIpc) is 3.93. The molecule has 8 aromatic rings. The van der Waals surface area contributed by atoms with E-state index in [1.807, 2.05) is 0 Å². The van der Waals surface area contributed by atoms with Gasteiger partial charge in [0, 0.05) is 22.4 Å². The van der Waals surface area contributed by atoms with Gasteiger partial charge >= 0.3 is 0 Å². The molecule has 0 radical (unpaired) electrons. The predicted octanol–water partition coefficient (Wildman–Crippen LogP) is 14.1. The van der Waals surface area contributed by atoms with Crippen molar-refractivity contribution < 1.29 is 0 Å². The zero-order valence-corrected chi connectivity index (χ0v) is 32.1. The van der Waals surface area contributed by atoms with E-state index in [0.29, 0.717) is 0 Å². The van der Waals surface area contributed by atoms with Crippen LogP contribution in [0, 0.1) is 0 Å². The second-order valence-corrected chi connectivity index (χ2v) is 16.6. The van der Waals surface area contributed by atoms with Gasteiger partial charge in [0.05, 0.1) is 11.1 Å². The van der Waals surface area contributed by atoms with Crippen LogP contribution in [0.4, 0.5) is 17.1 Å². The molecule has 272 valence electrons. The third-order valence-corrected chi connectivity index (χ3v) is 14.0.